The molecule has 2 aromatic rings. The van der Waals surface area contributed by atoms with Crippen LogP contribution in [0.15, 0.2) is 41.6 Å². The minimum Gasteiger partial charge on any atom is -0.496 e. The number of hydrogen-bond acceptors (Lipinski definition) is 7. The second-order valence-corrected chi connectivity index (χ2v) is 10.2. The van der Waals surface area contributed by atoms with Crippen molar-refractivity contribution < 1.29 is 24.0 Å². The van der Waals surface area contributed by atoms with Crippen LogP contribution in [-0.2, 0) is 4.84 Å². The minimum atomic E-state index is -0.600. The van der Waals surface area contributed by atoms with Gasteiger partial charge in [0, 0.05) is 23.7 Å². The second-order valence-electron chi connectivity index (χ2n) is 9.20. The molecule has 0 bridgehead atoms. The molecule has 0 aliphatic rings. The predicted molar refractivity (Wildman–Crippen MR) is 149 cm³/mol. The summed E-state index contributed by atoms with van der Waals surface area (Å²) in [5.74, 6) is 0.0350. The van der Waals surface area contributed by atoms with Gasteiger partial charge >= 0.3 is 6.09 Å². The molecule has 2 N–H and O–H groups in total. The Labute approximate surface area is 223 Å². The first-order chi connectivity index (χ1) is 17.2. The molecule has 0 aliphatic heterocycles. The van der Waals surface area contributed by atoms with Crippen molar-refractivity contribution in [2.45, 2.75) is 54.0 Å². The molecule has 10 heteroatoms. The molecule has 0 saturated heterocycles. The Kier molecular flexibility index (Phi) is 12.1. The van der Waals surface area contributed by atoms with Gasteiger partial charge in [-0.1, -0.05) is 28.4 Å². The van der Waals surface area contributed by atoms with E-state index >= 15 is 0 Å². The summed E-state index contributed by atoms with van der Waals surface area (Å²) in [6, 6.07) is 10.9. The van der Waals surface area contributed by atoms with Crippen LogP contribution >= 0.6 is 11.8 Å². The first-order valence-corrected chi connectivity index (χ1v) is 12.8. The zero-order chi connectivity index (χ0) is 28.3. The van der Waals surface area contributed by atoms with E-state index in [1.807, 2.05) is 66.0 Å². The molecule has 0 spiro atoms. The summed E-state index contributed by atoms with van der Waals surface area (Å²) in [6.45, 7) is 13.1. The van der Waals surface area contributed by atoms with Crippen LogP contribution < -0.4 is 15.5 Å². The molecule has 37 heavy (non-hydrogen) atoms. The maximum Gasteiger partial charge on any atom is 0.433 e. The van der Waals surface area contributed by atoms with Crippen molar-refractivity contribution in [1.82, 2.24) is 15.8 Å². The fraction of sp³-hybridized carbons (Fsp3) is 0.407. The number of rotatable bonds is 4. The highest BCUT2D eigenvalue weighted by atomic mass is 32.2. The predicted octanol–water partition coefficient (Wildman–Crippen LogP) is 5.24. The van der Waals surface area contributed by atoms with E-state index in [1.54, 1.807) is 32.2 Å². The molecule has 0 aliphatic carbocycles. The van der Waals surface area contributed by atoms with E-state index in [9.17, 15) is 14.4 Å². The highest BCUT2D eigenvalue weighted by molar-refractivity contribution is 8.13. The van der Waals surface area contributed by atoms with Crippen LogP contribution in [0, 0.1) is 20.8 Å². The summed E-state index contributed by atoms with van der Waals surface area (Å²) in [7, 11) is 3.04. The van der Waals surface area contributed by atoms with Gasteiger partial charge in [0.2, 0.25) is 0 Å². The third-order valence-corrected chi connectivity index (χ3v) is 5.73. The number of nitrogens with one attached hydrogen (secondary N) is 2. The molecule has 0 saturated carbocycles. The van der Waals surface area contributed by atoms with Gasteiger partial charge in [0.15, 0.2) is 0 Å². The van der Waals surface area contributed by atoms with Gasteiger partial charge in [-0.05, 0) is 79.0 Å². The van der Waals surface area contributed by atoms with E-state index in [1.165, 1.54) is 23.8 Å². The number of benzene rings is 2. The Morgan fingerprint density at radius 3 is 2.11 bits per heavy atom. The fourth-order valence-corrected chi connectivity index (χ4v) is 3.29. The van der Waals surface area contributed by atoms with Gasteiger partial charge in [-0.3, -0.25) is 19.9 Å². The fourth-order valence-electron chi connectivity index (χ4n) is 3.18. The van der Waals surface area contributed by atoms with Crippen LogP contribution in [-0.4, -0.2) is 53.9 Å². The molecule has 2 rings (SSSR count). The maximum absolute atomic E-state index is 13.2. The van der Waals surface area contributed by atoms with Crippen LogP contribution in [0.4, 0.5) is 4.79 Å². The highest BCUT2D eigenvalue weighted by Crippen LogP contribution is 2.22. The van der Waals surface area contributed by atoms with Gasteiger partial charge in [0.25, 0.3) is 11.8 Å². The molecule has 0 radical (unpaired) electrons. The third-order valence-electron chi connectivity index (χ3n) is 5.06. The summed E-state index contributed by atoms with van der Waals surface area (Å²) in [6.07, 6.45) is 1.31. The average Bonchev–Trinajstić information content (AvgIpc) is 2.84. The third kappa shape index (κ3) is 9.80. The van der Waals surface area contributed by atoms with Crippen molar-refractivity contribution in [3.63, 3.8) is 0 Å². The molecule has 202 valence electrons. The molecule has 0 atom stereocenters. The van der Waals surface area contributed by atoms with Crippen molar-refractivity contribution in [1.29, 1.82) is 0 Å². The van der Waals surface area contributed by atoms with Gasteiger partial charge in [0.05, 0.1) is 12.6 Å². The van der Waals surface area contributed by atoms with Gasteiger partial charge in [-0.25, -0.2) is 9.80 Å². The number of amides is 3. The van der Waals surface area contributed by atoms with Gasteiger partial charge in [0.1, 0.15) is 10.8 Å². The summed E-state index contributed by atoms with van der Waals surface area (Å²) in [4.78, 5) is 40.8. The molecule has 3 amide bonds. The van der Waals surface area contributed by atoms with Crippen molar-refractivity contribution in [3.05, 3.63) is 64.2 Å². The molecule has 0 heterocycles. The van der Waals surface area contributed by atoms with E-state index < -0.39 is 11.6 Å². The van der Waals surface area contributed by atoms with Crippen molar-refractivity contribution in [2.24, 2.45) is 5.16 Å². The Morgan fingerprint density at radius 1 is 1.03 bits per heavy atom. The number of hydrogen-bond donors (Lipinski definition) is 2. The molecular formula is C27H38N4O5S. The van der Waals surface area contributed by atoms with Crippen molar-refractivity contribution in [2.75, 3.05) is 20.4 Å². The van der Waals surface area contributed by atoms with Crippen molar-refractivity contribution >= 4 is 34.7 Å². The number of ether oxygens (including phenoxy) is 1. The van der Waals surface area contributed by atoms with Crippen LogP contribution in [0.25, 0.3) is 0 Å². The first-order valence-electron chi connectivity index (χ1n) is 11.6. The lowest BCUT2D eigenvalue weighted by molar-refractivity contribution is 0.0358. The standard InChI is InChI=1S/C22H28N2O3.C5H10N2O2S/c1-14-11-15(2)13-17(12-14)21(26)24(22(4,5)6)23-20(25)18-9-8-10-19(27-7)16(18)3;1-4(10-3)7-9-5(8)6-2/h8-13H,1-7H3,(H,23,25);1-3H3,(H,6,8). The van der Waals surface area contributed by atoms with Crippen LogP contribution in [0.1, 0.15) is 65.1 Å². The van der Waals surface area contributed by atoms with E-state index in [2.05, 4.69) is 20.7 Å². The molecule has 2 aromatic carbocycles. The summed E-state index contributed by atoms with van der Waals surface area (Å²) in [5.41, 5.74) is 5.94. The Morgan fingerprint density at radius 2 is 1.62 bits per heavy atom. The lowest BCUT2D eigenvalue weighted by Crippen LogP contribution is -2.56. The average molecular weight is 531 g/mol. The normalized spacial score (nSPS) is 11.0. The number of hydrazine groups is 1. The number of carbonyl (C=O) groups excluding carboxylic acids is 3. The number of oxime groups is 1. The topological polar surface area (TPSA) is 109 Å². The molecule has 0 unspecified atom stereocenters. The van der Waals surface area contributed by atoms with Crippen LogP contribution in [0.3, 0.4) is 0 Å². The minimum absolute atomic E-state index is 0.247. The van der Waals surface area contributed by atoms with Crippen molar-refractivity contribution in [3.8, 4) is 5.75 Å². The largest absolute Gasteiger partial charge is 0.496 e. The zero-order valence-corrected chi connectivity index (χ0v) is 24.1. The highest BCUT2D eigenvalue weighted by Gasteiger charge is 2.30. The lowest BCUT2D eigenvalue weighted by Gasteiger charge is -2.35. The first kappa shape index (κ1) is 31.5. The van der Waals surface area contributed by atoms with Crippen LogP contribution in [0.5, 0.6) is 5.75 Å². The van der Waals surface area contributed by atoms with Crippen LogP contribution in [0.2, 0.25) is 0 Å². The Bertz CT molecular complexity index is 1120. The van der Waals surface area contributed by atoms with E-state index in [0.717, 1.165) is 16.7 Å². The van der Waals surface area contributed by atoms with E-state index in [-0.39, 0.29) is 11.8 Å². The Hall–Kier alpha value is -3.53. The number of thioether (sulfide) groups is 1. The number of carbonyl (C=O) groups is 3. The SMILES string of the molecule is CNC(=O)ON=C(C)SC.COc1cccc(C(=O)NN(C(=O)c2cc(C)cc(C)c2)C(C)(C)C)c1C. The summed E-state index contributed by atoms with van der Waals surface area (Å²) in [5, 5.41) is 7.85. The van der Waals surface area contributed by atoms with Gasteiger partial charge < -0.3 is 10.1 Å². The quantitative estimate of drug-likeness (QED) is 0.242. The smallest absolute Gasteiger partial charge is 0.433 e. The monoisotopic (exact) mass is 530 g/mol. The second kappa shape index (κ2) is 14.3. The lowest BCUT2D eigenvalue weighted by atomic mass is 10.0. The number of aryl methyl sites for hydroxylation is 2. The molecule has 0 fully saturated rings. The Balaban J connectivity index is 0.000000580. The summed E-state index contributed by atoms with van der Waals surface area (Å²) < 4.78 is 5.29. The van der Waals surface area contributed by atoms with E-state index in [4.69, 9.17) is 4.74 Å². The molecule has 0 aromatic heterocycles. The maximum atomic E-state index is 13.2. The zero-order valence-electron chi connectivity index (χ0n) is 23.3. The van der Waals surface area contributed by atoms with Gasteiger partial charge in [-0.2, -0.15) is 0 Å². The molecular weight excluding hydrogens is 492 g/mol. The van der Waals surface area contributed by atoms with E-state index in [0.29, 0.717) is 21.9 Å². The van der Waals surface area contributed by atoms with Gasteiger partial charge in [-0.15, -0.1) is 11.8 Å². The summed E-state index contributed by atoms with van der Waals surface area (Å²) >= 11 is 1.42. The molecule has 9 nitrogen and oxygen atoms in total. The number of nitrogens with zero attached hydrogens (tertiary/aromatic N) is 2. The number of methoxy groups -OCH3 is 1.